The first kappa shape index (κ1) is 17.7. The van der Waals surface area contributed by atoms with E-state index in [1.165, 1.54) is 0 Å². The van der Waals surface area contributed by atoms with E-state index in [1.807, 2.05) is 77.0 Å². The molecule has 0 unspecified atom stereocenters. The number of hydrogen-bond donors (Lipinski definition) is 1. The predicted molar refractivity (Wildman–Crippen MR) is 107 cm³/mol. The third kappa shape index (κ3) is 4.01. The van der Waals surface area contributed by atoms with Gasteiger partial charge in [-0.25, -0.2) is 9.97 Å². The van der Waals surface area contributed by atoms with Crippen LogP contribution in [0.4, 0.5) is 0 Å². The van der Waals surface area contributed by atoms with Crippen molar-refractivity contribution in [3.05, 3.63) is 102 Å². The molecule has 0 aliphatic heterocycles. The summed E-state index contributed by atoms with van der Waals surface area (Å²) in [6.07, 6.45) is 9.16. The topological polar surface area (TPSA) is 64.7 Å². The summed E-state index contributed by atoms with van der Waals surface area (Å²) in [5.41, 5.74) is 3.88. The highest BCUT2D eigenvalue weighted by Gasteiger charge is 2.06. The zero-order chi connectivity index (χ0) is 19.3. The normalized spacial score (nSPS) is 10.8. The Morgan fingerprint density at radius 3 is 2.36 bits per heavy atom. The minimum atomic E-state index is -0.0799. The molecule has 0 saturated heterocycles. The quantitative estimate of drug-likeness (QED) is 0.565. The lowest BCUT2D eigenvalue weighted by atomic mass is 10.1. The highest BCUT2D eigenvalue weighted by molar-refractivity contribution is 5.94. The Balaban J connectivity index is 1.34. The SMILES string of the molecule is Cc1nccn1-c1ccc(CNC(=O)c2ccc(Cn3ccnc3)cc2)cc1. The molecule has 0 fully saturated rings. The molecular formula is C22H21N5O. The number of rotatable bonds is 6. The number of amides is 1. The van der Waals surface area contributed by atoms with Crippen molar-refractivity contribution in [2.24, 2.45) is 0 Å². The van der Waals surface area contributed by atoms with Gasteiger partial charge in [-0.05, 0) is 42.3 Å². The van der Waals surface area contributed by atoms with Crippen LogP contribution >= 0.6 is 0 Å². The van der Waals surface area contributed by atoms with Crippen molar-refractivity contribution in [2.45, 2.75) is 20.0 Å². The van der Waals surface area contributed by atoms with Crippen LogP contribution in [0.5, 0.6) is 0 Å². The molecule has 0 spiro atoms. The first-order valence-electron chi connectivity index (χ1n) is 9.11. The van der Waals surface area contributed by atoms with Crippen LogP contribution in [0.2, 0.25) is 0 Å². The first-order valence-corrected chi connectivity index (χ1v) is 9.11. The fourth-order valence-electron chi connectivity index (χ4n) is 3.06. The van der Waals surface area contributed by atoms with Crippen molar-refractivity contribution in [3.63, 3.8) is 0 Å². The maximum Gasteiger partial charge on any atom is 0.251 e. The molecule has 1 amide bonds. The van der Waals surface area contributed by atoms with Crippen molar-refractivity contribution < 1.29 is 4.79 Å². The number of hydrogen-bond acceptors (Lipinski definition) is 3. The fraction of sp³-hybridized carbons (Fsp3) is 0.136. The number of benzene rings is 2. The lowest BCUT2D eigenvalue weighted by Crippen LogP contribution is -2.22. The van der Waals surface area contributed by atoms with Gasteiger partial charge in [0, 0.05) is 49.1 Å². The molecular weight excluding hydrogens is 350 g/mol. The molecule has 6 heteroatoms. The molecule has 0 atom stereocenters. The van der Waals surface area contributed by atoms with Gasteiger partial charge in [0.2, 0.25) is 0 Å². The van der Waals surface area contributed by atoms with Gasteiger partial charge in [0.15, 0.2) is 0 Å². The summed E-state index contributed by atoms with van der Waals surface area (Å²) < 4.78 is 4.01. The van der Waals surface area contributed by atoms with Crippen LogP contribution in [0.1, 0.15) is 27.3 Å². The van der Waals surface area contributed by atoms with Gasteiger partial charge in [-0.15, -0.1) is 0 Å². The Hall–Kier alpha value is -3.67. The van der Waals surface area contributed by atoms with E-state index in [4.69, 9.17) is 0 Å². The molecule has 140 valence electrons. The molecule has 2 aromatic heterocycles. The molecule has 6 nitrogen and oxygen atoms in total. The Bertz CT molecular complexity index is 1050. The van der Waals surface area contributed by atoms with Gasteiger partial charge in [0.25, 0.3) is 5.91 Å². The van der Waals surface area contributed by atoms with Crippen LogP contribution in [0.25, 0.3) is 5.69 Å². The van der Waals surface area contributed by atoms with Crippen LogP contribution < -0.4 is 5.32 Å². The van der Waals surface area contributed by atoms with Crippen LogP contribution in [-0.4, -0.2) is 25.0 Å². The highest BCUT2D eigenvalue weighted by atomic mass is 16.1. The lowest BCUT2D eigenvalue weighted by Gasteiger charge is -2.09. The standard InChI is InChI=1S/C22H21N5O/c1-17-24-11-13-27(17)21-8-4-18(5-9-21)14-25-22(28)20-6-2-19(3-7-20)15-26-12-10-23-16-26/h2-13,16H,14-15H2,1H3,(H,25,28). The van der Waals surface area contributed by atoms with E-state index >= 15 is 0 Å². The van der Waals surface area contributed by atoms with Crippen molar-refractivity contribution in [1.82, 2.24) is 24.4 Å². The predicted octanol–water partition coefficient (Wildman–Crippen LogP) is 3.36. The van der Waals surface area contributed by atoms with E-state index in [-0.39, 0.29) is 5.91 Å². The summed E-state index contributed by atoms with van der Waals surface area (Å²) in [6, 6.07) is 15.7. The zero-order valence-corrected chi connectivity index (χ0v) is 15.6. The molecule has 0 aliphatic rings. The summed E-state index contributed by atoms with van der Waals surface area (Å²) in [4.78, 5) is 20.7. The number of carbonyl (C=O) groups is 1. The average Bonchev–Trinajstić information content (AvgIpc) is 3.39. The molecule has 0 radical (unpaired) electrons. The minimum absolute atomic E-state index is 0.0799. The van der Waals surface area contributed by atoms with Gasteiger partial charge in [0.1, 0.15) is 5.82 Å². The van der Waals surface area contributed by atoms with Crippen LogP contribution in [0.3, 0.4) is 0 Å². The summed E-state index contributed by atoms with van der Waals surface area (Å²) in [6.45, 7) is 3.19. The molecule has 2 heterocycles. The summed E-state index contributed by atoms with van der Waals surface area (Å²) in [7, 11) is 0. The number of aryl methyl sites for hydroxylation is 1. The Kier molecular flexibility index (Phi) is 5.01. The number of nitrogens with one attached hydrogen (secondary N) is 1. The number of carbonyl (C=O) groups excluding carboxylic acids is 1. The molecule has 1 N–H and O–H groups in total. The lowest BCUT2D eigenvalue weighted by molar-refractivity contribution is 0.0951. The van der Waals surface area contributed by atoms with Gasteiger partial charge >= 0.3 is 0 Å². The van der Waals surface area contributed by atoms with Gasteiger partial charge < -0.3 is 14.5 Å². The second kappa shape index (κ2) is 7.92. The monoisotopic (exact) mass is 371 g/mol. The highest BCUT2D eigenvalue weighted by Crippen LogP contribution is 2.12. The fourth-order valence-corrected chi connectivity index (χ4v) is 3.06. The van der Waals surface area contributed by atoms with E-state index < -0.39 is 0 Å². The molecule has 0 bridgehead atoms. The van der Waals surface area contributed by atoms with Crippen molar-refractivity contribution in [1.29, 1.82) is 0 Å². The van der Waals surface area contributed by atoms with Crippen LogP contribution in [0.15, 0.2) is 79.6 Å². The van der Waals surface area contributed by atoms with Gasteiger partial charge in [0.05, 0.1) is 6.33 Å². The maximum absolute atomic E-state index is 12.4. The Labute approximate surface area is 163 Å². The largest absolute Gasteiger partial charge is 0.348 e. The third-order valence-electron chi connectivity index (χ3n) is 4.63. The molecule has 28 heavy (non-hydrogen) atoms. The second-order valence-electron chi connectivity index (χ2n) is 6.63. The van der Waals surface area contributed by atoms with E-state index in [0.29, 0.717) is 12.1 Å². The zero-order valence-electron chi connectivity index (χ0n) is 15.6. The van der Waals surface area contributed by atoms with Gasteiger partial charge in [-0.1, -0.05) is 24.3 Å². The van der Waals surface area contributed by atoms with Crippen LogP contribution in [-0.2, 0) is 13.1 Å². The molecule has 2 aromatic carbocycles. The van der Waals surface area contributed by atoms with E-state index in [9.17, 15) is 4.79 Å². The van der Waals surface area contributed by atoms with Gasteiger partial charge in [-0.2, -0.15) is 0 Å². The smallest absolute Gasteiger partial charge is 0.251 e. The average molecular weight is 371 g/mol. The first-order chi connectivity index (χ1) is 13.7. The van der Waals surface area contributed by atoms with E-state index in [1.54, 1.807) is 18.7 Å². The third-order valence-corrected chi connectivity index (χ3v) is 4.63. The maximum atomic E-state index is 12.4. The summed E-state index contributed by atoms with van der Waals surface area (Å²) in [5.74, 6) is 0.862. The summed E-state index contributed by atoms with van der Waals surface area (Å²) >= 11 is 0. The van der Waals surface area contributed by atoms with Gasteiger partial charge in [-0.3, -0.25) is 4.79 Å². The van der Waals surface area contributed by atoms with Crippen molar-refractivity contribution >= 4 is 5.91 Å². The van der Waals surface area contributed by atoms with E-state index in [0.717, 1.165) is 29.2 Å². The Morgan fingerprint density at radius 2 is 1.71 bits per heavy atom. The molecule has 4 rings (SSSR count). The second-order valence-corrected chi connectivity index (χ2v) is 6.63. The molecule has 4 aromatic rings. The van der Waals surface area contributed by atoms with Crippen molar-refractivity contribution in [2.75, 3.05) is 0 Å². The number of imidazole rings is 2. The van der Waals surface area contributed by atoms with E-state index in [2.05, 4.69) is 15.3 Å². The number of nitrogens with zero attached hydrogens (tertiary/aromatic N) is 4. The number of aromatic nitrogens is 4. The molecule has 0 aliphatic carbocycles. The summed E-state index contributed by atoms with van der Waals surface area (Å²) in [5, 5.41) is 2.97. The minimum Gasteiger partial charge on any atom is -0.348 e. The van der Waals surface area contributed by atoms with Crippen LogP contribution in [0, 0.1) is 6.92 Å². The van der Waals surface area contributed by atoms with Crippen molar-refractivity contribution in [3.8, 4) is 5.69 Å². The Morgan fingerprint density at radius 1 is 0.964 bits per heavy atom. The molecule has 0 saturated carbocycles.